The van der Waals surface area contributed by atoms with Gasteiger partial charge in [0.2, 0.25) is 0 Å². The highest BCUT2D eigenvalue weighted by Crippen LogP contribution is 2.36. The fourth-order valence-electron chi connectivity index (χ4n) is 3.37. The first kappa shape index (κ1) is 19.0. The lowest BCUT2D eigenvalue weighted by Crippen LogP contribution is -2.13. The molecular weight excluding hydrogens is 380 g/mol. The Morgan fingerprint density at radius 1 is 1.00 bits per heavy atom. The number of hydrogen-bond donors (Lipinski definition) is 1. The number of thiophene rings is 1. The predicted octanol–water partition coefficient (Wildman–Crippen LogP) is 6.08. The Balaban J connectivity index is 1.78. The van der Waals surface area contributed by atoms with E-state index < -0.39 is 0 Å². The molecule has 1 amide bonds. The number of anilines is 1. The van der Waals surface area contributed by atoms with Crippen LogP contribution in [-0.2, 0) is 0 Å². The van der Waals surface area contributed by atoms with Crippen molar-refractivity contribution >= 4 is 22.9 Å². The van der Waals surface area contributed by atoms with Gasteiger partial charge < -0.3 is 14.6 Å². The summed E-state index contributed by atoms with van der Waals surface area (Å²) in [4.78, 5) is 13.9. The summed E-state index contributed by atoms with van der Waals surface area (Å²) < 4.78 is 7.41. The Morgan fingerprint density at radius 2 is 1.76 bits per heavy atom. The number of methoxy groups -OCH3 is 1. The lowest BCUT2D eigenvalue weighted by molar-refractivity contribution is 0.103. The molecule has 5 heteroatoms. The largest absolute Gasteiger partial charge is 0.495 e. The van der Waals surface area contributed by atoms with Gasteiger partial charge in [0.05, 0.1) is 18.5 Å². The molecule has 0 saturated heterocycles. The van der Waals surface area contributed by atoms with Crippen molar-refractivity contribution in [3.05, 3.63) is 88.4 Å². The highest BCUT2D eigenvalue weighted by Gasteiger charge is 2.21. The second-order valence-corrected chi connectivity index (χ2v) is 7.82. The number of ether oxygens (including phenoxy) is 1. The van der Waals surface area contributed by atoms with Crippen LogP contribution < -0.4 is 10.1 Å². The van der Waals surface area contributed by atoms with Crippen molar-refractivity contribution in [1.29, 1.82) is 0 Å². The highest BCUT2D eigenvalue weighted by atomic mass is 32.1. The number of aryl methyl sites for hydroxylation is 2. The number of benzene rings is 2. The van der Waals surface area contributed by atoms with Crippen LogP contribution in [0.1, 0.15) is 20.8 Å². The number of hydrogen-bond acceptors (Lipinski definition) is 3. The third kappa shape index (κ3) is 3.82. The van der Waals surface area contributed by atoms with Crippen LogP contribution in [0.15, 0.2) is 72.4 Å². The van der Waals surface area contributed by atoms with Crippen molar-refractivity contribution in [1.82, 2.24) is 4.57 Å². The molecule has 0 aliphatic rings. The molecule has 0 aliphatic carbocycles. The fourth-order valence-corrected chi connectivity index (χ4v) is 4.34. The molecule has 0 radical (unpaired) electrons. The van der Waals surface area contributed by atoms with Gasteiger partial charge in [0, 0.05) is 23.3 Å². The first-order chi connectivity index (χ1) is 14.1. The van der Waals surface area contributed by atoms with Crippen molar-refractivity contribution in [3.8, 4) is 22.6 Å². The van der Waals surface area contributed by atoms with Crippen LogP contribution in [0, 0.1) is 13.8 Å². The Morgan fingerprint density at radius 3 is 2.48 bits per heavy atom. The number of nitrogens with one attached hydrogen (secondary N) is 1. The van der Waals surface area contributed by atoms with E-state index in [4.69, 9.17) is 4.74 Å². The number of nitrogens with zero attached hydrogens (tertiary/aromatic N) is 1. The zero-order chi connectivity index (χ0) is 20.4. The van der Waals surface area contributed by atoms with Crippen LogP contribution in [0.4, 0.5) is 5.69 Å². The summed E-state index contributed by atoms with van der Waals surface area (Å²) in [5, 5.41) is 5.08. The van der Waals surface area contributed by atoms with Gasteiger partial charge in [-0.25, -0.2) is 0 Å². The molecule has 0 spiro atoms. The van der Waals surface area contributed by atoms with Gasteiger partial charge in [-0.05, 0) is 49.2 Å². The van der Waals surface area contributed by atoms with Gasteiger partial charge in [-0.1, -0.05) is 35.9 Å². The number of aromatic nitrogens is 1. The first-order valence-electron chi connectivity index (χ1n) is 9.34. The smallest absolute Gasteiger partial charge is 0.268 e. The van der Waals surface area contributed by atoms with E-state index in [2.05, 4.69) is 30.4 Å². The minimum atomic E-state index is -0.151. The third-order valence-corrected chi connectivity index (χ3v) is 5.73. The van der Waals surface area contributed by atoms with Crippen molar-refractivity contribution < 1.29 is 9.53 Å². The summed E-state index contributed by atoms with van der Waals surface area (Å²) in [6.45, 7) is 4.06. The number of carbonyl (C=O) groups excluding carboxylic acids is 1. The van der Waals surface area contributed by atoms with Crippen molar-refractivity contribution in [3.63, 3.8) is 0 Å². The van der Waals surface area contributed by atoms with Crippen molar-refractivity contribution in [2.24, 2.45) is 0 Å². The number of carbonyl (C=O) groups is 1. The van der Waals surface area contributed by atoms with Gasteiger partial charge in [-0.2, -0.15) is 0 Å². The zero-order valence-corrected chi connectivity index (χ0v) is 17.4. The quantitative estimate of drug-likeness (QED) is 0.439. The second-order valence-electron chi connectivity index (χ2n) is 6.94. The maximum atomic E-state index is 13.3. The van der Waals surface area contributed by atoms with Gasteiger partial charge in [-0.3, -0.25) is 4.79 Å². The maximum Gasteiger partial charge on any atom is 0.268 e. The van der Waals surface area contributed by atoms with Crippen LogP contribution in [0.25, 0.3) is 16.8 Å². The van der Waals surface area contributed by atoms with Crippen LogP contribution in [-0.4, -0.2) is 17.6 Å². The molecule has 1 N–H and O–H groups in total. The van der Waals surface area contributed by atoms with E-state index in [0.717, 1.165) is 22.4 Å². The Hall–Kier alpha value is -3.31. The molecular formula is C24H22N2O2S. The average Bonchev–Trinajstić information content (AvgIpc) is 3.37. The molecule has 2 aromatic carbocycles. The molecule has 0 unspecified atom stereocenters. The molecule has 2 aromatic heterocycles. The van der Waals surface area contributed by atoms with Gasteiger partial charge in [0.25, 0.3) is 5.91 Å². The van der Waals surface area contributed by atoms with Crippen molar-refractivity contribution in [2.75, 3.05) is 12.4 Å². The van der Waals surface area contributed by atoms with Gasteiger partial charge in [0.1, 0.15) is 10.6 Å². The van der Waals surface area contributed by atoms with E-state index in [1.807, 2.05) is 65.7 Å². The maximum absolute atomic E-state index is 13.3. The zero-order valence-electron chi connectivity index (χ0n) is 16.6. The van der Waals surface area contributed by atoms with E-state index in [0.29, 0.717) is 16.3 Å². The Labute approximate surface area is 174 Å². The minimum Gasteiger partial charge on any atom is -0.495 e. The van der Waals surface area contributed by atoms with E-state index in [1.165, 1.54) is 16.9 Å². The molecule has 4 aromatic rings. The summed E-state index contributed by atoms with van der Waals surface area (Å²) in [7, 11) is 1.60. The summed E-state index contributed by atoms with van der Waals surface area (Å²) in [5.41, 5.74) is 5.92. The Kier molecular flexibility index (Phi) is 5.23. The van der Waals surface area contributed by atoms with Gasteiger partial charge >= 0.3 is 0 Å². The normalized spacial score (nSPS) is 10.7. The summed E-state index contributed by atoms with van der Waals surface area (Å²) in [5.74, 6) is 0.489. The molecule has 0 saturated carbocycles. The fraction of sp³-hybridized carbons (Fsp3) is 0.125. The standard InChI is InChI=1S/C24H22N2O2S/c1-16-7-6-8-18(13-16)19-15-29-23(22(19)26-11-4-5-12-26)24(27)25-20-14-17(2)9-10-21(20)28-3/h4-15H,1-3H3,(H,25,27). The average molecular weight is 403 g/mol. The van der Waals surface area contributed by atoms with E-state index in [1.54, 1.807) is 7.11 Å². The van der Waals surface area contributed by atoms with Crippen LogP contribution >= 0.6 is 11.3 Å². The molecule has 0 bridgehead atoms. The predicted molar refractivity (Wildman–Crippen MR) is 120 cm³/mol. The van der Waals surface area contributed by atoms with Gasteiger partial charge in [-0.15, -0.1) is 11.3 Å². The third-order valence-electron chi connectivity index (χ3n) is 4.77. The summed E-state index contributed by atoms with van der Waals surface area (Å²) >= 11 is 1.45. The molecule has 0 atom stereocenters. The monoisotopic (exact) mass is 402 g/mol. The minimum absolute atomic E-state index is 0.151. The van der Waals surface area contributed by atoms with Crippen LogP contribution in [0.3, 0.4) is 0 Å². The van der Waals surface area contributed by atoms with Crippen LogP contribution in [0.2, 0.25) is 0 Å². The number of amides is 1. The van der Waals surface area contributed by atoms with E-state index >= 15 is 0 Å². The highest BCUT2D eigenvalue weighted by molar-refractivity contribution is 7.13. The summed E-state index contributed by atoms with van der Waals surface area (Å²) in [6, 6.07) is 18.0. The first-order valence-corrected chi connectivity index (χ1v) is 10.2. The Bertz CT molecular complexity index is 1160. The molecule has 146 valence electrons. The lowest BCUT2D eigenvalue weighted by atomic mass is 10.0. The van der Waals surface area contributed by atoms with E-state index in [9.17, 15) is 4.79 Å². The molecule has 0 fully saturated rings. The lowest BCUT2D eigenvalue weighted by Gasteiger charge is -2.13. The van der Waals surface area contributed by atoms with Crippen molar-refractivity contribution in [2.45, 2.75) is 13.8 Å². The van der Waals surface area contributed by atoms with E-state index in [-0.39, 0.29) is 5.91 Å². The topological polar surface area (TPSA) is 43.3 Å². The number of rotatable bonds is 5. The molecule has 4 nitrogen and oxygen atoms in total. The molecule has 4 rings (SSSR count). The SMILES string of the molecule is COc1ccc(C)cc1NC(=O)c1scc(-c2cccc(C)c2)c1-n1cccc1. The van der Waals surface area contributed by atoms with Gasteiger partial charge in [0.15, 0.2) is 0 Å². The molecule has 29 heavy (non-hydrogen) atoms. The summed E-state index contributed by atoms with van der Waals surface area (Å²) in [6.07, 6.45) is 3.93. The van der Waals surface area contributed by atoms with Crippen LogP contribution in [0.5, 0.6) is 5.75 Å². The second kappa shape index (κ2) is 7.97. The molecule has 0 aliphatic heterocycles. The molecule has 2 heterocycles.